The predicted molar refractivity (Wildman–Crippen MR) is 95.4 cm³/mol. The zero-order chi connectivity index (χ0) is 18.7. The minimum atomic E-state index is -3.88. The van der Waals surface area contributed by atoms with Crippen molar-refractivity contribution in [3.63, 3.8) is 0 Å². The van der Waals surface area contributed by atoms with Gasteiger partial charge in [0.05, 0.1) is 4.90 Å². The summed E-state index contributed by atoms with van der Waals surface area (Å²) in [7, 11) is -3.88. The number of hydrogen-bond acceptors (Lipinski definition) is 3. The Hall–Kier alpha value is -2.61. The number of amides is 1. The number of carboxylic acid groups (broad SMARTS) is 1. The Bertz CT molecular complexity index is 931. The molecule has 0 heterocycles. The number of sulfonamides is 1. The van der Waals surface area contributed by atoms with Crippen molar-refractivity contribution < 1.29 is 22.7 Å². The lowest BCUT2D eigenvalue weighted by molar-refractivity contribution is 0.193. The average Bonchev–Trinajstić information content (AvgIpc) is 2.59. The quantitative estimate of drug-likeness (QED) is 0.744. The minimum Gasteiger partial charge on any atom is -0.465 e. The summed E-state index contributed by atoms with van der Waals surface area (Å²) in [6.07, 6.45) is 1.52. The van der Waals surface area contributed by atoms with Gasteiger partial charge in [-0.15, -0.1) is 0 Å². The second-order valence-electron chi connectivity index (χ2n) is 6.25. The van der Waals surface area contributed by atoms with Gasteiger partial charge in [-0.25, -0.2) is 17.6 Å². The van der Waals surface area contributed by atoms with Crippen LogP contribution in [0.4, 0.5) is 14.9 Å². The monoisotopic (exact) mass is 378 g/mol. The number of fused-ring (bicyclic) bond motifs is 1. The number of benzene rings is 2. The van der Waals surface area contributed by atoms with Crippen molar-refractivity contribution in [3.8, 4) is 0 Å². The molecule has 26 heavy (non-hydrogen) atoms. The third-order valence-electron chi connectivity index (χ3n) is 4.44. The Morgan fingerprint density at radius 2 is 2.04 bits per heavy atom. The van der Waals surface area contributed by atoms with E-state index in [0.717, 1.165) is 36.5 Å². The van der Waals surface area contributed by atoms with Crippen molar-refractivity contribution in [1.29, 1.82) is 0 Å². The molecule has 6 nitrogen and oxygen atoms in total. The van der Waals surface area contributed by atoms with Crippen LogP contribution in [-0.4, -0.2) is 26.2 Å². The van der Waals surface area contributed by atoms with Crippen molar-refractivity contribution in [2.75, 3.05) is 11.3 Å². The molecule has 3 N–H and O–H groups in total. The van der Waals surface area contributed by atoms with Gasteiger partial charge in [0, 0.05) is 18.2 Å². The summed E-state index contributed by atoms with van der Waals surface area (Å²) < 4.78 is 40.6. The van der Waals surface area contributed by atoms with E-state index in [0.29, 0.717) is 12.2 Å². The Labute approximate surface area is 151 Å². The van der Waals surface area contributed by atoms with Crippen LogP contribution < -0.4 is 10.0 Å². The Morgan fingerprint density at radius 1 is 1.23 bits per heavy atom. The highest BCUT2D eigenvalue weighted by Crippen LogP contribution is 2.33. The first-order valence-corrected chi connectivity index (χ1v) is 9.71. The van der Waals surface area contributed by atoms with E-state index in [1.807, 2.05) is 6.07 Å². The van der Waals surface area contributed by atoms with Gasteiger partial charge in [-0.05, 0) is 60.7 Å². The summed E-state index contributed by atoms with van der Waals surface area (Å²) in [5.74, 6) is -0.546. The highest BCUT2D eigenvalue weighted by atomic mass is 32.2. The fraction of sp³-hybridized carbons (Fsp3) is 0.278. The van der Waals surface area contributed by atoms with Crippen LogP contribution in [0.25, 0.3) is 0 Å². The number of halogens is 1. The molecule has 1 aliphatic rings. The lowest BCUT2D eigenvalue weighted by Gasteiger charge is -2.26. The Morgan fingerprint density at radius 3 is 2.77 bits per heavy atom. The zero-order valence-electron chi connectivity index (χ0n) is 13.9. The van der Waals surface area contributed by atoms with E-state index in [1.54, 1.807) is 12.1 Å². The normalized spacial score (nSPS) is 16.6. The van der Waals surface area contributed by atoms with Gasteiger partial charge < -0.3 is 10.4 Å². The molecule has 138 valence electrons. The van der Waals surface area contributed by atoms with E-state index >= 15 is 0 Å². The lowest BCUT2D eigenvalue weighted by atomic mass is 9.82. The van der Waals surface area contributed by atoms with E-state index in [4.69, 9.17) is 5.11 Å². The average molecular weight is 378 g/mol. The maximum Gasteiger partial charge on any atom is 0.404 e. The number of hydrogen-bond donors (Lipinski definition) is 3. The molecule has 3 rings (SSSR count). The smallest absolute Gasteiger partial charge is 0.404 e. The molecule has 2 aromatic rings. The maximum atomic E-state index is 13.3. The van der Waals surface area contributed by atoms with E-state index in [2.05, 4.69) is 10.0 Å². The summed E-state index contributed by atoms with van der Waals surface area (Å²) >= 11 is 0. The molecule has 0 saturated carbocycles. The van der Waals surface area contributed by atoms with Crippen LogP contribution in [0, 0.1) is 5.82 Å². The molecule has 0 saturated heterocycles. The van der Waals surface area contributed by atoms with Crippen LogP contribution in [0.15, 0.2) is 47.4 Å². The molecule has 0 unspecified atom stereocenters. The van der Waals surface area contributed by atoms with Gasteiger partial charge in [-0.1, -0.05) is 12.1 Å². The van der Waals surface area contributed by atoms with Crippen LogP contribution in [0.1, 0.15) is 29.9 Å². The summed E-state index contributed by atoms with van der Waals surface area (Å²) in [4.78, 5) is 10.6. The highest BCUT2D eigenvalue weighted by molar-refractivity contribution is 7.92. The van der Waals surface area contributed by atoms with Gasteiger partial charge in [0.25, 0.3) is 10.0 Å². The zero-order valence-corrected chi connectivity index (χ0v) is 14.7. The van der Waals surface area contributed by atoms with Crippen LogP contribution in [-0.2, 0) is 16.4 Å². The van der Waals surface area contributed by atoms with E-state index in [-0.39, 0.29) is 10.8 Å². The topological polar surface area (TPSA) is 95.5 Å². The second-order valence-corrected chi connectivity index (χ2v) is 7.93. The summed E-state index contributed by atoms with van der Waals surface area (Å²) in [5, 5.41) is 11.2. The molecular formula is C18H19FN2O4S. The number of carbonyl (C=O) groups is 1. The van der Waals surface area contributed by atoms with Gasteiger partial charge in [-0.2, -0.15) is 0 Å². The van der Waals surface area contributed by atoms with Crippen LogP contribution in [0.5, 0.6) is 0 Å². The number of anilines is 1. The van der Waals surface area contributed by atoms with Crippen molar-refractivity contribution in [2.45, 2.75) is 30.1 Å². The first-order valence-electron chi connectivity index (χ1n) is 8.23. The maximum absolute atomic E-state index is 13.3. The van der Waals surface area contributed by atoms with E-state index < -0.39 is 21.9 Å². The first-order chi connectivity index (χ1) is 12.3. The molecule has 0 spiro atoms. The van der Waals surface area contributed by atoms with Gasteiger partial charge in [0.15, 0.2) is 0 Å². The first kappa shape index (κ1) is 18.2. The molecule has 0 bridgehead atoms. The van der Waals surface area contributed by atoms with Gasteiger partial charge >= 0.3 is 6.09 Å². The third-order valence-corrected chi connectivity index (χ3v) is 5.82. The van der Waals surface area contributed by atoms with E-state index in [9.17, 15) is 17.6 Å². The fourth-order valence-corrected chi connectivity index (χ4v) is 4.33. The van der Waals surface area contributed by atoms with Gasteiger partial charge in [0.1, 0.15) is 5.82 Å². The predicted octanol–water partition coefficient (Wildman–Crippen LogP) is 3.31. The summed E-state index contributed by atoms with van der Waals surface area (Å²) in [5.41, 5.74) is 2.42. The molecule has 1 atom stereocenters. The lowest BCUT2D eigenvalue weighted by Crippen LogP contribution is -2.28. The Kier molecular flexibility index (Phi) is 5.13. The van der Waals surface area contributed by atoms with Crippen molar-refractivity contribution in [3.05, 3.63) is 59.4 Å². The third kappa shape index (κ3) is 4.13. The van der Waals surface area contributed by atoms with Crippen molar-refractivity contribution in [2.24, 2.45) is 0 Å². The molecule has 0 radical (unpaired) electrons. The highest BCUT2D eigenvalue weighted by Gasteiger charge is 2.22. The van der Waals surface area contributed by atoms with Crippen molar-refractivity contribution in [1.82, 2.24) is 5.32 Å². The number of rotatable bonds is 5. The Balaban J connectivity index is 1.81. The molecule has 2 aromatic carbocycles. The van der Waals surface area contributed by atoms with Gasteiger partial charge in [-0.3, -0.25) is 4.72 Å². The van der Waals surface area contributed by atoms with Crippen LogP contribution in [0.3, 0.4) is 0 Å². The molecule has 1 amide bonds. The molecule has 8 heteroatoms. The van der Waals surface area contributed by atoms with Crippen LogP contribution in [0.2, 0.25) is 0 Å². The van der Waals surface area contributed by atoms with Crippen LogP contribution >= 0.6 is 0 Å². The SMILES string of the molecule is O=C(O)NC[C@@H]1CCCc2cc(NS(=O)(=O)c3cccc(F)c3)ccc21. The summed E-state index contributed by atoms with van der Waals surface area (Å²) in [6, 6.07) is 10.1. The van der Waals surface area contributed by atoms with E-state index in [1.165, 1.54) is 18.2 Å². The number of aryl methyl sites for hydroxylation is 1. The largest absolute Gasteiger partial charge is 0.465 e. The molecule has 0 aliphatic heterocycles. The number of nitrogens with one attached hydrogen (secondary N) is 2. The van der Waals surface area contributed by atoms with Crippen molar-refractivity contribution >= 4 is 21.8 Å². The minimum absolute atomic E-state index is 0.0729. The standard InChI is InChI=1S/C18H19FN2O4S/c19-14-5-2-6-16(10-14)26(24,25)21-15-7-8-17-12(9-15)3-1-4-13(17)11-20-18(22)23/h2,5-10,13,20-21H,1,3-4,11H2,(H,22,23)/t13-/m0/s1. The second kappa shape index (κ2) is 7.33. The molecule has 1 aliphatic carbocycles. The molecule has 0 aromatic heterocycles. The fourth-order valence-electron chi connectivity index (χ4n) is 3.25. The molecule has 0 fully saturated rings. The molecular weight excluding hydrogens is 359 g/mol. The summed E-state index contributed by atoms with van der Waals surface area (Å²) in [6.45, 7) is 0.330. The van der Waals surface area contributed by atoms with Gasteiger partial charge in [0.2, 0.25) is 0 Å².